The van der Waals surface area contributed by atoms with E-state index in [1.54, 1.807) is 0 Å². The largest absolute Gasteiger partial charge is 0.464 e. The van der Waals surface area contributed by atoms with Crippen molar-refractivity contribution < 1.29 is 35.9 Å². The number of carbonyl (C=O) groups is 1. The first kappa shape index (κ1) is 17.1. The van der Waals surface area contributed by atoms with E-state index in [1.807, 2.05) is 0 Å². The van der Waals surface area contributed by atoms with Crippen LogP contribution >= 0.6 is 0 Å². The number of alkyl halides is 4. The molecule has 1 aromatic rings. The highest BCUT2D eigenvalue weighted by Crippen LogP contribution is 2.24. The van der Waals surface area contributed by atoms with Crippen LogP contribution in [-0.4, -0.2) is 22.4 Å². The average Bonchev–Trinajstić information content (AvgIpc) is 2.78. The summed E-state index contributed by atoms with van der Waals surface area (Å²) in [6, 6.07) is 0.490. The first-order chi connectivity index (χ1) is 9.81. The van der Waals surface area contributed by atoms with E-state index in [9.17, 15) is 31.1 Å². The molecule has 0 aromatic carbocycles. The number of rotatable bonds is 7. The monoisotopic (exact) mass is 316 g/mol. The molecule has 1 rings (SSSR count). The molecule has 0 saturated carbocycles. The van der Waals surface area contributed by atoms with E-state index in [0.717, 1.165) is 0 Å². The van der Waals surface area contributed by atoms with Crippen LogP contribution in [0.15, 0.2) is 18.2 Å². The molecule has 0 radical (unpaired) electrons. The molecule has 0 unspecified atom stereocenters. The number of esters is 1. The maximum absolute atomic E-state index is 12.6. The summed E-state index contributed by atoms with van der Waals surface area (Å²) < 4.78 is 78.2. The highest BCUT2D eigenvalue weighted by Gasteiger charge is 2.22. The number of carbonyl (C=O) groups excluding carboxylic acids is 1. The molecule has 118 valence electrons. The summed E-state index contributed by atoms with van der Waals surface area (Å²) in [5, 5.41) is 3.18. The normalized spacial score (nSPS) is 11.0. The summed E-state index contributed by atoms with van der Waals surface area (Å²) in [7, 11) is 0. The number of ether oxygens (including phenoxy) is 1. The van der Waals surface area contributed by atoms with Crippen LogP contribution in [0.2, 0.25) is 0 Å². The van der Waals surface area contributed by atoms with E-state index in [4.69, 9.17) is 0 Å². The first-order valence-corrected chi connectivity index (χ1v) is 5.62. The molecule has 0 fully saturated rings. The molecule has 0 bridgehead atoms. The van der Waals surface area contributed by atoms with Gasteiger partial charge in [-0.2, -0.15) is 13.9 Å². The lowest BCUT2D eigenvalue weighted by molar-refractivity contribution is -0.144. The van der Waals surface area contributed by atoms with Gasteiger partial charge in [-0.05, 0) is 12.1 Å². The van der Waals surface area contributed by atoms with Crippen molar-refractivity contribution >= 4 is 5.97 Å². The maximum atomic E-state index is 12.6. The molecular formula is C11H10F6N2O2. The highest BCUT2D eigenvalue weighted by atomic mass is 19.3. The van der Waals surface area contributed by atoms with E-state index in [1.165, 1.54) is 0 Å². The Morgan fingerprint density at radius 3 is 2.48 bits per heavy atom. The first-order valence-electron chi connectivity index (χ1n) is 5.62. The van der Waals surface area contributed by atoms with Gasteiger partial charge in [0.2, 0.25) is 0 Å². The van der Waals surface area contributed by atoms with Crippen LogP contribution < -0.4 is 0 Å². The van der Waals surface area contributed by atoms with Gasteiger partial charge in [0.15, 0.2) is 0 Å². The minimum Gasteiger partial charge on any atom is -0.464 e. The Bertz CT molecular complexity index is 511. The third-order valence-corrected chi connectivity index (χ3v) is 2.24. The van der Waals surface area contributed by atoms with E-state index < -0.39 is 42.8 Å². The Morgan fingerprint density at radius 1 is 1.29 bits per heavy atom. The second-order valence-corrected chi connectivity index (χ2v) is 3.76. The quantitative estimate of drug-likeness (QED) is 0.439. The van der Waals surface area contributed by atoms with Crippen molar-refractivity contribution in [2.24, 2.45) is 0 Å². The van der Waals surface area contributed by atoms with Crippen molar-refractivity contribution in [2.45, 2.75) is 25.8 Å². The topological polar surface area (TPSA) is 44.1 Å². The number of hydrogen-bond donors (Lipinski definition) is 0. The van der Waals surface area contributed by atoms with Crippen LogP contribution in [-0.2, 0) is 16.1 Å². The van der Waals surface area contributed by atoms with Gasteiger partial charge in [-0.25, -0.2) is 17.6 Å². The SMILES string of the molecule is O=C(Cn1nc(C(F)F)cc1C(F)F)OCCC=C(F)F. The van der Waals surface area contributed by atoms with Gasteiger partial charge in [-0.15, -0.1) is 0 Å². The van der Waals surface area contributed by atoms with Crippen molar-refractivity contribution in [3.05, 3.63) is 29.6 Å². The second kappa shape index (κ2) is 7.70. The summed E-state index contributed by atoms with van der Waals surface area (Å²) in [6.45, 7) is -1.20. The molecule has 0 N–H and O–H groups in total. The highest BCUT2D eigenvalue weighted by molar-refractivity contribution is 5.69. The molecule has 10 heteroatoms. The Labute approximate surface area is 115 Å². The number of aromatic nitrogens is 2. The van der Waals surface area contributed by atoms with Gasteiger partial charge in [0, 0.05) is 6.42 Å². The van der Waals surface area contributed by atoms with Gasteiger partial charge in [-0.1, -0.05) is 0 Å². The van der Waals surface area contributed by atoms with E-state index in [2.05, 4.69) is 9.84 Å². The third-order valence-electron chi connectivity index (χ3n) is 2.24. The molecule has 0 aliphatic heterocycles. The fraction of sp³-hybridized carbons (Fsp3) is 0.455. The molecule has 1 aromatic heterocycles. The van der Waals surface area contributed by atoms with Gasteiger partial charge < -0.3 is 4.74 Å². The van der Waals surface area contributed by atoms with Crippen molar-refractivity contribution in [1.82, 2.24) is 9.78 Å². The lowest BCUT2D eigenvalue weighted by atomic mass is 10.3. The zero-order valence-electron chi connectivity index (χ0n) is 10.4. The summed E-state index contributed by atoms with van der Waals surface area (Å²) in [5.41, 5.74) is -1.74. The van der Waals surface area contributed by atoms with Crippen LogP contribution in [0.3, 0.4) is 0 Å². The molecule has 0 aliphatic carbocycles. The van der Waals surface area contributed by atoms with Crippen LogP contribution in [0.5, 0.6) is 0 Å². The fourth-order valence-corrected chi connectivity index (χ4v) is 1.37. The molecule has 0 amide bonds. The summed E-state index contributed by atoms with van der Waals surface area (Å²) in [6.07, 6.45) is -7.84. The molecule has 0 atom stereocenters. The Kier molecular flexibility index (Phi) is 6.25. The zero-order chi connectivity index (χ0) is 16.0. The third kappa shape index (κ3) is 5.48. The van der Waals surface area contributed by atoms with Gasteiger partial charge in [-0.3, -0.25) is 9.48 Å². The standard InChI is InChI=1S/C11H10F6N2O2/c12-8(13)2-1-3-21-9(20)5-19-7(11(16)17)4-6(18-19)10(14)15/h2,4,10-11H,1,3,5H2. The average molecular weight is 316 g/mol. The minimum absolute atomic E-state index is 0.253. The van der Waals surface area contributed by atoms with Crippen LogP contribution in [0.25, 0.3) is 0 Å². The van der Waals surface area contributed by atoms with E-state index >= 15 is 0 Å². The van der Waals surface area contributed by atoms with Crippen molar-refractivity contribution in [3.63, 3.8) is 0 Å². The fourth-order valence-electron chi connectivity index (χ4n) is 1.37. The number of nitrogens with zero attached hydrogens (tertiary/aromatic N) is 2. The molecule has 1 heterocycles. The lowest BCUT2D eigenvalue weighted by Crippen LogP contribution is -2.17. The van der Waals surface area contributed by atoms with E-state index in [-0.39, 0.29) is 13.0 Å². The van der Waals surface area contributed by atoms with Gasteiger partial charge in [0.25, 0.3) is 18.9 Å². The minimum atomic E-state index is -3.10. The van der Waals surface area contributed by atoms with Gasteiger partial charge in [0.05, 0.1) is 6.61 Å². The molecule has 21 heavy (non-hydrogen) atoms. The van der Waals surface area contributed by atoms with Crippen LogP contribution in [0.4, 0.5) is 26.3 Å². The smallest absolute Gasteiger partial charge is 0.327 e. The van der Waals surface area contributed by atoms with E-state index in [0.29, 0.717) is 16.8 Å². The summed E-state index contributed by atoms with van der Waals surface area (Å²) >= 11 is 0. The molecule has 0 saturated heterocycles. The van der Waals surface area contributed by atoms with Crippen LogP contribution in [0, 0.1) is 0 Å². The zero-order valence-corrected chi connectivity index (χ0v) is 10.4. The Balaban J connectivity index is 2.64. The van der Waals surface area contributed by atoms with Gasteiger partial charge >= 0.3 is 5.97 Å². The maximum Gasteiger partial charge on any atom is 0.327 e. The predicted octanol–water partition coefficient (Wildman–Crippen LogP) is 3.47. The summed E-state index contributed by atoms with van der Waals surface area (Å²) in [4.78, 5) is 11.3. The predicted molar refractivity (Wildman–Crippen MR) is 58.0 cm³/mol. The van der Waals surface area contributed by atoms with Crippen molar-refractivity contribution in [2.75, 3.05) is 6.61 Å². The molecule has 0 aliphatic rings. The summed E-state index contributed by atoms with van der Waals surface area (Å²) in [5.74, 6) is -1.05. The molecule has 4 nitrogen and oxygen atoms in total. The molecular weight excluding hydrogens is 306 g/mol. The lowest BCUT2D eigenvalue weighted by Gasteiger charge is -2.06. The second-order valence-electron chi connectivity index (χ2n) is 3.76. The Hall–Kier alpha value is -2.00. The Morgan fingerprint density at radius 2 is 1.95 bits per heavy atom. The van der Waals surface area contributed by atoms with Crippen LogP contribution in [0.1, 0.15) is 30.7 Å². The van der Waals surface area contributed by atoms with Crippen molar-refractivity contribution in [3.8, 4) is 0 Å². The van der Waals surface area contributed by atoms with Crippen molar-refractivity contribution in [1.29, 1.82) is 0 Å². The number of hydrogen-bond acceptors (Lipinski definition) is 3. The molecule has 0 spiro atoms. The van der Waals surface area contributed by atoms with Gasteiger partial charge in [0.1, 0.15) is 17.9 Å². The number of halogens is 6.